The van der Waals surface area contributed by atoms with Crippen molar-refractivity contribution in [2.75, 3.05) is 19.5 Å². The quantitative estimate of drug-likeness (QED) is 0.574. The van der Waals surface area contributed by atoms with E-state index >= 15 is 0 Å². The lowest BCUT2D eigenvalue weighted by molar-refractivity contribution is 0.492. The molecule has 1 aromatic rings. The van der Waals surface area contributed by atoms with Crippen LogP contribution in [0.15, 0.2) is 12.1 Å². The van der Waals surface area contributed by atoms with Crippen molar-refractivity contribution in [3.63, 3.8) is 0 Å². The molecular formula is C9H14N4S. The average molecular weight is 210 g/mol. The van der Waals surface area contributed by atoms with Gasteiger partial charge in [0, 0.05) is 19.8 Å². The molecule has 0 saturated carbocycles. The molecule has 4 nitrogen and oxygen atoms in total. The minimum atomic E-state index is 0.349. The number of thiocarbonyl (C=S) groups is 1. The van der Waals surface area contributed by atoms with Gasteiger partial charge in [-0.05, 0) is 19.1 Å². The standard InChI is InChI=1S/C9H14N4S/c1-6-4-5-7(8(10)14)9(11-6)12-13(2)3/h4-5H,1-3H3,(H2,10,14)(H,11,12). The van der Waals surface area contributed by atoms with E-state index in [0.29, 0.717) is 10.8 Å². The van der Waals surface area contributed by atoms with Crippen LogP contribution in [0.25, 0.3) is 0 Å². The van der Waals surface area contributed by atoms with Gasteiger partial charge in [0.2, 0.25) is 0 Å². The molecule has 0 saturated heterocycles. The molecule has 3 N–H and O–H groups in total. The summed E-state index contributed by atoms with van der Waals surface area (Å²) in [5, 5.41) is 1.80. The maximum absolute atomic E-state index is 5.57. The summed E-state index contributed by atoms with van der Waals surface area (Å²) in [7, 11) is 3.76. The number of aromatic nitrogens is 1. The van der Waals surface area contributed by atoms with E-state index in [9.17, 15) is 0 Å². The lowest BCUT2D eigenvalue weighted by Crippen LogP contribution is -2.24. The average Bonchev–Trinajstić information content (AvgIpc) is 2.01. The van der Waals surface area contributed by atoms with E-state index in [4.69, 9.17) is 18.0 Å². The minimum absolute atomic E-state index is 0.349. The van der Waals surface area contributed by atoms with Crippen LogP contribution in [0.4, 0.5) is 5.82 Å². The van der Waals surface area contributed by atoms with Gasteiger partial charge < -0.3 is 11.2 Å². The van der Waals surface area contributed by atoms with Crippen LogP contribution < -0.4 is 11.2 Å². The number of hydrazine groups is 1. The Morgan fingerprint density at radius 3 is 2.64 bits per heavy atom. The second-order valence-electron chi connectivity index (χ2n) is 3.22. The predicted molar refractivity (Wildman–Crippen MR) is 62.2 cm³/mol. The number of nitrogens with zero attached hydrogens (tertiary/aromatic N) is 2. The Morgan fingerprint density at radius 2 is 2.14 bits per heavy atom. The van der Waals surface area contributed by atoms with Crippen LogP contribution in [-0.2, 0) is 0 Å². The lowest BCUT2D eigenvalue weighted by Gasteiger charge is -2.15. The first-order valence-corrected chi connectivity index (χ1v) is 4.63. The molecular weight excluding hydrogens is 196 g/mol. The summed E-state index contributed by atoms with van der Waals surface area (Å²) >= 11 is 4.92. The third-order valence-corrected chi connectivity index (χ3v) is 1.85. The Kier molecular flexibility index (Phi) is 3.38. The molecule has 0 bridgehead atoms. The topological polar surface area (TPSA) is 54.2 Å². The fourth-order valence-corrected chi connectivity index (χ4v) is 1.22. The van der Waals surface area contributed by atoms with E-state index in [1.54, 1.807) is 5.01 Å². The highest BCUT2D eigenvalue weighted by Gasteiger charge is 2.06. The monoisotopic (exact) mass is 210 g/mol. The summed E-state index contributed by atoms with van der Waals surface area (Å²) < 4.78 is 0. The zero-order valence-corrected chi connectivity index (χ0v) is 9.35. The van der Waals surface area contributed by atoms with Crippen LogP contribution >= 0.6 is 12.2 Å². The fourth-order valence-electron chi connectivity index (χ4n) is 1.05. The van der Waals surface area contributed by atoms with Crippen molar-refractivity contribution in [3.8, 4) is 0 Å². The van der Waals surface area contributed by atoms with Gasteiger partial charge in [-0.3, -0.25) is 0 Å². The summed E-state index contributed by atoms with van der Waals surface area (Å²) in [6.45, 7) is 1.92. The van der Waals surface area contributed by atoms with Crippen molar-refractivity contribution in [2.45, 2.75) is 6.92 Å². The Hall–Kier alpha value is -1.20. The van der Waals surface area contributed by atoms with Crippen LogP contribution in [0.1, 0.15) is 11.3 Å². The highest BCUT2D eigenvalue weighted by atomic mass is 32.1. The summed E-state index contributed by atoms with van der Waals surface area (Å²) in [6, 6.07) is 3.76. The molecule has 1 rings (SSSR count). The van der Waals surface area contributed by atoms with Crippen molar-refractivity contribution < 1.29 is 0 Å². The normalized spacial score (nSPS) is 10.3. The molecule has 14 heavy (non-hydrogen) atoms. The molecule has 0 aliphatic heterocycles. The second-order valence-corrected chi connectivity index (χ2v) is 3.66. The zero-order chi connectivity index (χ0) is 10.7. The van der Waals surface area contributed by atoms with Gasteiger partial charge in [-0.1, -0.05) is 12.2 Å². The van der Waals surface area contributed by atoms with Crippen LogP contribution in [-0.4, -0.2) is 29.1 Å². The van der Waals surface area contributed by atoms with Crippen molar-refractivity contribution in [1.82, 2.24) is 9.99 Å². The van der Waals surface area contributed by atoms with E-state index in [0.717, 1.165) is 11.3 Å². The first-order chi connectivity index (χ1) is 6.50. The third-order valence-electron chi connectivity index (χ3n) is 1.63. The van der Waals surface area contributed by atoms with Gasteiger partial charge in [-0.25, -0.2) is 9.99 Å². The molecule has 76 valence electrons. The Labute approximate surface area is 89.1 Å². The molecule has 0 radical (unpaired) electrons. The predicted octanol–water partition coefficient (Wildman–Crippen LogP) is 0.913. The smallest absolute Gasteiger partial charge is 0.150 e. The molecule has 0 aliphatic carbocycles. The van der Waals surface area contributed by atoms with Crippen molar-refractivity contribution >= 4 is 23.0 Å². The minimum Gasteiger partial charge on any atom is -0.389 e. The number of nitrogens with two attached hydrogens (primary N) is 1. The van der Waals surface area contributed by atoms with Crippen molar-refractivity contribution in [2.24, 2.45) is 5.73 Å². The summed E-state index contributed by atoms with van der Waals surface area (Å²) in [6.07, 6.45) is 0. The maximum atomic E-state index is 5.57. The van der Waals surface area contributed by atoms with Crippen LogP contribution in [0, 0.1) is 6.92 Å². The van der Waals surface area contributed by atoms with E-state index in [1.807, 2.05) is 33.2 Å². The number of pyridine rings is 1. The first-order valence-electron chi connectivity index (χ1n) is 4.22. The number of aryl methyl sites for hydroxylation is 1. The molecule has 0 amide bonds. The number of anilines is 1. The van der Waals surface area contributed by atoms with Gasteiger partial charge in [-0.2, -0.15) is 0 Å². The molecule has 0 atom stereocenters. The third kappa shape index (κ3) is 2.65. The van der Waals surface area contributed by atoms with E-state index in [-0.39, 0.29) is 0 Å². The van der Waals surface area contributed by atoms with Crippen LogP contribution in [0.5, 0.6) is 0 Å². The van der Waals surface area contributed by atoms with Gasteiger partial charge >= 0.3 is 0 Å². The SMILES string of the molecule is Cc1ccc(C(N)=S)c(NN(C)C)n1. The molecule has 1 aromatic heterocycles. The van der Waals surface area contributed by atoms with E-state index in [2.05, 4.69) is 10.4 Å². The van der Waals surface area contributed by atoms with Crippen molar-refractivity contribution in [1.29, 1.82) is 0 Å². The molecule has 5 heteroatoms. The Balaban J connectivity index is 3.09. The molecule has 0 fully saturated rings. The molecule has 0 aromatic carbocycles. The zero-order valence-electron chi connectivity index (χ0n) is 8.53. The van der Waals surface area contributed by atoms with Gasteiger partial charge in [0.25, 0.3) is 0 Å². The summed E-state index contributed by atoms with van der Waals surface area (Å²) in [5.74, 6) is 0.697. The number of rotatable bonds is 3. The lowest BCUT2D eigenvalue weighted by atomic mass is 10.2. The van der Waals surface area contributed by atoms with Gasteiger partial charge in [-0.15, -0.1) is 0 Å². The Morgan fingerprint density at radius 1 is 1.50 bits per heavy atom. The van der Waals surface area contributed by atoms with Gasteiger partial charge in [0.15, 0.2) is 5.82 Å². The van der Waals surface area contributed by atoms with Gasteiger partial charge in [0.1, 0.15) is 4.99 Å². The number of hydrogen-bond acceptors (Lipinski definition) is 4. The highest BCUT2D eigenvalue weighted by Crippen LogP contribution is 2.13. The Bertz CT molecular complexity index is 349. The molecule has 0 unspecified atom stereocenters. The van der Waals surface area contributed by atoms with Crippen LogP contribution in [0.3, 0.4) is 0 Å². The van der Waals surface area contributed by atoms with Crippen molar-refractivity contribution in [3.05, 3.63) is 23.4 Å². The summed E-state index contributed by atoms with van der Waals surface area (Å²) in [5.41, 5.74) is 10.3. The fraction of sp³-hybridized carbons (Fsp3) is 0.333. The van der Waals surface area contributed by atoms with E-state index in [1.165, 1.54) is 0 Å². The molecule has 0 aliphatic rings. The summed E-state index contributed by atoms with van der Waals surface area (Å²) in [4.78, 5) is 4.66. The first kappa shape index (κ1) is 10.9. The largest absolute Gasteiger partial charge is 0.389 e. The highest BCUT2D eigenvalue weighted by molar-refractivity contribution is 7.80. The number of hydrogen-bond donors (Lipinski definition) is 2. The van der Waals surface area contributed by atoms with Crippen LogP contribution in [0.2, 0.25) is 0 Å². The maximum Gasteiger partial charge on any atom is 0.150 e. The second kappa shape index (κ2) is 4.34. The molecule has 0 spiro atoms. The van der Waals surface area contributed by atoms with Gasteiger partial charge in [0.05, 0.1) is 5.56 Å². The molecule has 1 heterocycles. The number of nitrogens with one attached hydrogen (secondary N) is 1. The van der Waals surface area contributed by atoms with E-state index < -0.39 is 0 Å².